The maximum atomic E-state index is 14.5. The number of hydrogen-bond donors (Lipinski definition) is 7. The van der Waals surface area contributed by atoms with Gasteiger partial charge in [-0.15, -0.1) is 0 Å². The van der Waals surface area contributed by atoms with Gasteiger partial charge in [0.25, 0.3) is 0 Å². The molecule has 0 aromatic carbocycles. The summed E-state index contributed by atoms with van der Waals surface area (Å²) in [6.07, 6.45) is -2.94. The molecule has 3 saturated heterocycles. The van der Waals surface area contributed by atoms with Crippen LogP contribution in [0.3, 0.4) is 0 Å². The van der Waals surface area contributed by atoms with Crippen LogP contribution in [0.1, 0.15) is 133 Å². The van der Waals surface area contributed by atoms with Gasteiger partial charge >= 0.3 is 12.0 Å². The van der Waals surface area contributed by atoms with Crippen LogP contribution >= 0.6 is 0 Å². The quantitative estimate of drug-likeness (QED) is 0.110. The molecule has 1 aliphatic carbocycles. The average Bonchev–Trinajstić information content (AvgIpc) is 3.23. The summed E-state index contributed by atoms with van der Waals surface area (Å²) in [7, 11) is 5.27. The Kier molecular flexibility index (Phi) is 20.2. The third kappa shape index (κ3) is 13.7. The molecule has 17 nitrogen and oxygen atoms in total. The molecule has 1 saturated carbocycles. The molecule has 0 unspecified atom stereocenters. The number of amides is 2. The molecule has 0 aromatic heterocycles. The van der Waals surface area contributed by atoms with Crippen molar-refractivity contribution in [2.45, 2.75) is 230 Å². The molecule has 0 radical (unpaired) electrons. The van der Waals surface area contributed by atoms with E-state index in [1.54, 1.807) is 34.6 Å². The molecule has 2 amide bonds. The number of cyclic esters (lactones) is 1. The Morgan fingerprint density at radius 2 is 1.59 bits per heavy atom. The van der Waals surface area contributed by atoms with Crippen LogP contribution in [0, 0.1) is 17.8 Å². The fraction of sp³-hybridized carbons (Fsp3) is 0.957. The van der Waals surface area contributed by atoms with Crippen LogP contribution in [0.5, 0.6) is 0 Å². The normalized spacial score (nSPS) is 44.1. The molecule has 374 valence electrons. The van der Waals surface area contributed by atoms with Gasteiger partial charge in [-0.1, -0.05) is 40.0 Å². The molecule has 0 bridgehead atoms. The number of likely N-dealkylation sites (N-methyl/N-ethyl adjacent to an activating group) is 1. The minimum absolute atomic E-state index is 0.109. The number of methoxy groups -OCH3 is 1. The first-order chi connectivity index (χ1) is 29.9. The Balaban J connectivity index is 1.73. The predicted octanol–water partition coefficient (Wildman–Crippen LogP) is 3.29. The highest BCUT2D eigenvalue weighted by Gasteiger charge is 2.53. The smallest absolute Gasteiger partial charge is 0.315 e. The lowest BCUT2D eigenvalue weighted by Crippen LogP contribution is -2.60. The van der Waals surface area contributed by atoms with Crippen LogP contribution in [-0.2, 0) is 33.2 Å². The molecule has 0 spiro atoms. The second-order valence-electron chi connectivity index (χ2n) is 20.8. The summed E-state index contributed by atoms with van der Waals surface area (Å²) in [6.45, 7) is 18.8. The van der Waals surface area contributed by atoms with E-state index in [1.807, 2.05) is 51.6 Å². The summed E-state index contributed by atoms with van der Waals surface area (Å²) < 4.78 is 38.0. The topological polar surface area (TPSA) is 221 Å². The average molecular weight is 917 g/mol. The minimum Gasteiger partial charge on any atom is -0.459 e. The van der Waals surface area contributed by atoms with E-state index in [2.05, 4.69) is 10.6 Å². The third-order valence-corrected chi connectivity index (χ3v) is 14.9. The standard InChI is InChI=1S/C47H88N4O13/c1-14-35-47(10,58)39(53)31(6)51(22-18-21-48-44(56)49-33-19-16-15-17-20-33)26-27(2)24-45(8,57)41(64-43-37(52)34(50(11)12)23-28(3)60-43)29(4)38(30(5)42(55)62-35)63-36-25-46(9,59-13)40(54)32(7)61-36/h27-41,43,52-54,57-58H,14-26H2,1-13H3,(H2,48,49,56)/t27-,28-,29+,30-,31-,32+,34+,35-,36+,37-,38+,39-,40+,41-,43+,45-,46-,47-/m1/s1. The number of esters is 1. The van der Waals surface area contributed by atoms with Gasteiger partial charge in [-0.3, -0.25) is 9.69 Å². The van der Waals surface area contributed by atoms with Crippen LogP contribution in [0.25, 0.3) is 0 Å². The van der Waals surface area contributed by atoms with Crippen LogP contribution in [-0.4, -0.2) is 185 Å². The fourth-order valence-corrected chi connectivity index (χ4v) is 10.9. The van der Waals surface area contributed by atoms with E-state index in [9.17, 15) is 35.1 Å². The van der Waals surface area contributed by atoms with Gasteiger partial charge in [0.2, 0.25) is 0 Å². The zero-order chi connectivity index (χ0) is 47.9. The van der Waals surface area contributed by atoms with Crippen LogP contribution in [0.2, 0.25) is 0 Å². The van der Waals surface area contributed by atoms with Crippen molar-refractivity contribution in [3.63, 3.8) is 0 Å². The summed E-state index contributed by atoms with van der Waals surface area (Å²) in [4.78, 5) is 31.3. The van der Waals surface area contributed by atoms with Crippen LogP contribution in [0.4, 0.5) is 4.79 Å². The van der Waals surface area contributed by atoms with Gasteiger partial charge in [0.15, 0.2) is 12.6 Å². The number of carbonyl (C=O) groups excluding carboxylic acids is 2. The van der Waals surface area contributed by atoms with Gasteiger partial charge < -0.3 is 69.5 Å². The van der Waals surface area contributed by atoms with Gasteiger partial charge in [-0.05, 0) is 107 Å². The van der Waals surface area contributed by atoms with E-state index < -0.39 is 96.0 Å². The van der Waals surface area contributed by atoms with Crippen molar-refractivity contribution in [3.05, 3.63) is 0 Å². The zero-order valence-electron chi connectivity index (χ0n) is 41.3. The second kappa shape index (κ2) is 23.5. The molecule has 3 heterocycles. The molecule has 17 heteroatoms. The molecule has 64 heavy (non-hydrogen) atoms. The van der Waals surface area contributed by atoms with Gasteiger partial charge in [0.05, 0.1) is 41.5 Å². The third-order valence-electron chi connectivity index (χ3n) is 14.9. The number of rotatable bonds is 12. The second-order valence-corrected chi connectivity index (χ2v) is 20.8. The zero-order valence-corrected chi connectivity index (χ0v) is 41.3. The molecular weight excluding hydrogens is 829 g/mol. The van der Waals surface area contributed by atoms with E-state index in [-0.39, 0.29) is 49.4 Å². The molecule has 18 atom stereocenters. The number of nitrogens with zero attached hydrogens (tertiary/aromatic N) is 2. The van der Waals surface area contributed by atoms with E-state index in [4.69, 9.17) is 28.4 Å². The SMILES string of the molecule is CC[C@H]1OC(=O)[C@H](C)[C@@H](O[C@H]2C[C@@](C)(OC)[C@@H](O)[C@H](C)O2)[C@H](C)[C@@H](O[C@@H]2O[C@H](C)C[C@H](N(C)C)[C@H]2O)[C@](C)(O)C[C@@H](C)CN(CCCNC(=O)NC2CCCCC2)[C@H](C)[C@@H](O)[C@]1(C)O. The highest BCUT2D eigenvalue weighted by Crippen LogP contribution is 2.40. The number of aliphatic hydroxyl groups excluding tert-OH is 3. The van der Waals surface area contributed by atoms with Gasteiger partial charge in [-0.2, -0.15) is 0 Å². The van der Waals surface area contributed by atoms with Crippen molar-refractivity contribution in [3.8, 4) is 0 Å². The first-order valence-corrected chi connectivity index (χ1v) is 24.2. The Hall–Kier alpha value is -1.74. The minimum atomic E-state index is -1.89. The van der Waals surface area contributed by atoms with Crippen molar-refractivity contribution in [1.29, 1.82) is 0 Å². The van der Waals surface area contributed by atoms with Gasteiger partial charge in [-0.25, -0.2) is 4.79 Å². The van der Waals surface area contributed by atoms with E-state index in [0.717, 1.165) is 25.7 Å². The Bertz CT molecular complexity index is 1450. The molecule has 4 fully saturated rings. The lowest BCUT2D eigenvalue weighted by molar-refractivity contribution is -0.318. The maximum Gasteiger partial charge on any atom is 0.315 e. The van der Waals surface area contributed by atoms with Crippen molar-refractivity contribution >= 4 is 12.0 Å². The highest BCUT2D eigenvalue weighted by molar-refractivity contribution is 5.74. The Morgan fingerprint density at radius 3 is 2.20 bits per heavy atom. The first kappa shape index (κ1) is 54.9. The van der Waals surface area contributed by atoms with E-state index in [0.29, 0.717) is 32.5 Å². The van der Waals surface area contributed by atoms with Crippen LogP contribution in [0.15, 0.2) is 0 Å². The van der Waals surface area contributed by atoms with Crippen molar-refractivity contribution in [2.75, 3.05) is 40.8 Å². The predicted molar refractivity (Wildman–Crippen MR) is 241 cm³/mol. The lowest BCUT2D eigenvalue weighted by Gasteiger charge is -2.48. The maximum absolute atomic E-state index is 14.5. The molecule has 3 aliphatic heterocycles. The Labute approximate surface area is 383 Å². The number of urea groups is 1. The molecule has 4 aliphatic rings. The number of ether oxygens (including phenoxy) is 6. The number of carbonyl (C=O) groups is 2. The van der Waals surface area contributed by atoms with Crippen molar-refractivity contribution in [1.82, 2.24) is 20.4 Å². The summed E-state index contributed by atoms with van der Waals surface area (Å²) in [6, 6.07) is -0.993. The van der Waals surface area contributed by atoms with Crippen molar-refractivity contribution < 1.29 is 63.5 Å². The summed E-state index contributed by atoms with van der Waals surface area (Å²) in [5, 5.41) is 65.9. The monoisotopic (exact) mass is 917 g/mol. The molecule has 4 rings (SSSR count). The van der Waals surface area contributed by atoms with E-state index >= 15 is 0 Å². The van der Waals surface area contributed by atoms with Crippen LogP contribution < -0.4 is 10.6 Å². The van der Waals surface area contributed by atoms with Gasteiger partial charge in [0, 0.05) is 57.2 Å². The largest absolute Gasteiger partial charge is 0.459 e. The van der Waals surface area contributed by atoms with E-state index in [1.165, 1.54) is 20.5 Å². The fourth-order valence-electron chi connectivity index (χ4n) is 10.9. The molecule has 7 N–H and O–H groups in total. The van der Waals surface area contributed by atoms with Crippen molar-refractivity contribution in [2.24, 2.45) is 17.8 Å². The number of nitrogens with one attached hydrogen (secondary N) is 2. The summed E-state index contributed by atoms with van der Waals surface area (Å²) in [5.74, 6) is -2.81. The Morgan fingerprint density at radius 1 is 0.938 bits per heavy atom. The molecule has 0 aromatic rings. The first-order valence-electron chi connectivity index (χ1n) is 24.2. The summed E-state index contributed by atoms with van der Waals surface area (Å²) >= 11 is 0. The summed E-state index contributed by atoms with van der Waals surface area (Å²) in [5.41, 5.74) is -4.58. The number of hydrogen-bond acceptors (Lipinski definition) is 15. The van der Waals surface area contributed by atoms with Gasteiger partial charge in [0.1, 0.15) is 30.0 Å². The number of aliphatic hydroxyl groups is 5. The molecular formula is C47H88N4O13. The highest BCUT2D eigenvalue weighted by atomic mass is 16.7. The lowest BCUT2D eigenvalue weighted by atomic mass is 9.77.